The Kier molecular flexibility index (Phi) is 5.14. The van der Waals surface area contributed by atoms with Crippen molar-refractivity contribution in [3.05, 3.63) is 52.2 Å². The Balaban J connectivity index is 1.87. The molecule has 0 saturated carbocycles. The maximum Gasteiger partial charge on any atom is 0.325 e. The number of ether oxygens (including phenoxy) is 1. The van der Waals surface area contributed by atoms with Gasteiger partial charge in [-0.1, -0.05) is 12.1 Å². The summed E-state index contributed by atoms with van der Waals surface area (Å²) in [6.07, 6.45) is -3.19. The normalized spacial score (nSPS) is 32.3. The summed E-state index contributed by atoms with van der Waals surface area (Å²) in [6.45, 7) is -0.578. The van der Waals surface area contributed by atoms with E-state index in [-0.39, 0.29) is 5.56 Å². The number of hydrogen-bond acceptors (Lipinski definition) is 9. The third kappa shape index (κ3) is 3.23. The maximum absolute atomic E-state index is 12.8. The topological polar surface area (TPSA) is 188 Å². The van der Waals surface area contributed by atoms with Crippen molar-refractivity contribution in [1.82, 2.24) is 10.2 Å². The van der Waals surface area contributed by atoms with Crippen molar-refractivity contribution < 1.29 is 34.6 Å². The molecule has 1 fully saturated rings. The minimum Gasteiger partial charge on any atom is -0.394 e. The van der Waals surface area contributed by atoms with E-state index in [0.29, 0.717) is 0 Å². The molecule has 1 aromatic carbocycles. The standard InChI is InChI=1S/C16H18N4O8/c17-16(13(24)8-3-1-2-4-9(8)20(26)27)5-6-19(15(25)18-16)14-12(23)11(22)10(7-21)28-14/h1-6,10-12,14,21-23H,7,17H2,(H,18,25)/t10-,11-,12-,14-,16?/m1/s1. The third-order valence-electron chi connectivity index (χ3n) is 4.56. The van der Waals surface area contributed by atoms with Gasteiger partial charge in [-0.15, -0.1) is 0 Å². The average Bonchev–Trinajstić information content (AvgIpc) is 2.95. The summed E-state index contributed by atoms with van der Waals surface area (Å²) in [6, 6.07) is 4.22. The quantitative estimate of drug-likeness (QED) is 0.223. The lowest BCUT2D eigenvalue weighted by Crippen LogP contribution is -2.66. The van der Waals surface area contributed by atoms with Crippen LogP contribution in [0.4, 0.5) is 10.5 Å². The summed E-state index contributed by atoms with van der Waals surface area (Å²) in [5, 5.41) is 42.3. The zero-order valence-corrected chi connectivity index (χ0v) is 14.3. The zero-order chi connectivity index (χ0) is 20.6. The molecule has 12 nitrogen and oxygen atoms in total. The number of amides is 2. The van der Waals surface area contributed by atoms with Crippen molar-refractivity contribution in [3.8, 4) is 0 Å². The van der Waals surface area contributed by atoms with Crippen LogP contribution in [0.15, 0.2) is 36.5 Å². The lowest BCUT2D eigenvalue weighted by Gasteiger charge is -2.36. The van der Waals surface area contributed by atoms with Crippen molar-refractivity contribution in [3.63, 3.8) is 0 Å². The van der Waals surface area contributed by atoms with Gasteiger partial charge in [0.1, 0.15) is 18.3 Å². The minimum atomic E-state index is -2.07. The van der Waals surface area contributed by atoms with Gasteiger partial charge < -0.3 is 25.4 Å². The van der Waals surface area contributed by atoms with E-state index in [1.165, 1.54) is 18.2 Å². The van der Waals surface area contributed by atoms with E-state index in [0.717, 1.165) is 23.2 Å². The highest BCUT2D eigenvalue weighted by atomic mass is 16.6. The van der Waals surface area contributed by atoms with Gasteiger partial charge in [-0.25, -0.2) is 4.79 Å². The predicted octanol–water partition coefficient (Wildman–Crippen LogP) is -1.59. The van der Waals surface area contributed by atoms with Crippen LogP contribution in [-0.4, -0.2) is 73.8 Å². The first-order chi connectivity index (χ1) is 13.2. The number of para-hydroxylation sites is 1. The Morgan fingerprint density at radius 1 is 1.36 bits per heavy atom. The molecule has 150 valence electrons. The number of aliphatic hydroxyl groups excluding tert-OH is 3. The molecule has 28 heavy (non-hydrogen) atoms. The lowest BCUT2D eigenvalue weighted by atomic mass is 9.96. The van der Waals surface area contributed by atoms with Crippen LogP contribution in [0.25, 0.3) is 0 Å². The van der Waals surface area contributed by atoms with Crippen LogP contribution in [-0.2, 0) is 4.74 Å². The molecule has 0 aromatic heterocycles. The molecular weight excluding hydrogens is 376 g/mol. The van der Waals surface area contributed by atoms with Crippen LogP contribution in [0.3, 0.4) is 0 Å². The van der Waals surface area contributed by atoms with Gasteiger partial charge in [-0.3, -0.25) is 25.5 Å². The number of nitrogens with one attached hydrogen (secondary N) is 1. The van der Waals surface area contributed by atoms with Gasteiger partial charge in [0.05, 0.1) is 17.1 Å². The van der Waals surface area contributed by atoms with E-state index in [9.17, 15) is 29.9 Å². The summed E-state index contributed by atoms with van der Waals surface area (Å²) in [7, 11) is 0. The highest BCUT2D eigenvalue weighted by molar-refractivity contribution is 6.09. The van der Waals surface area contributed by atoms with Gasteiger partial charge in [0.15, 0.2) is 11.9 Å². The number of nitro benzene ring substituents is 1. The molecule has 12 heteroatoms. The molecule has 0 bridgehead atoms. The van der Waals surface area contributed by atoms with Crippen molar-refractivity contribution in [1.29, 1.82) is 0 Å². The Labute approximate surface area is 158 Å². The van der Waals surface area contributed by atoms with Gasteiger partial charge in [0, 0.05) is 12.3 Å². The summed E-state index contributed by atoms with van der Waals surface area (Å²) in [5.41, 5.74) is 3.13. The first-order valence-corrected chi connectivity index (χ1v) is 8.19. The summed E-state index contributed by atoms with van der Waals surface area (Å²) in [5.74, 6) is -0.912. The van der Waals surface area contributed by atoms with Crippen LogP contribution < -0.4 is 11.1 Å². The highest BCUT2D eigenvalue weighted by Gasteiger charge is 2.49. The molecule has 1 unspecified atom stereocenters. The van der Waals surface area contributed by atoms with Crippen LogP contribution in [0.5, 0.6) is 0 Å². The largest absolute Gasteiger partial charge is 0.394 e. The molecule has 2 aliphatic rings. The maximum atomic E-state index is 12.8. The highest BCUT2D eigenvalue weighted by Crippen LogP contribution is 2.28. The van der Waals surface area contributed by atoms with Crippen LogP contribution in [0.2, 0.25) is 0 Å². The number of Topliss-reactive ketones (excluding diaryl/α,β-unsaturated/α-hetero) is 1. The van der Waals surface area contributed by atoms with Crippen molar-refractivity contribution in [2.45, 2.75) is 30.2 Å². The second-order valence-electron chi connectivity index (χ2n) is 6.35. The second kappa shape index (κ2) is 7.26. The van der Waals surface area contributed by atoms with E-state index in [1.807, 2.05) is 0 Å². The number of urea groups is 1. The summed E-state index contributed by atoms with van der Waals surface area (Å²) in [4.78, 5) is 36.5. The van der Waals surface area contributed by atoms with Crippen molar-refractivity contribution in [2.75, 3.05) is 6.61 Å². The third-order valence-corrected chi connectivity index (χ3v) is 4.56. The molecule has 3 rings (SSSR count). The fraction of sp³-hybridized carbons (Fsp3) is 0.375. The summed E-state index contributed by atoms with van der Waals surface area (Å²) >= 11 is 0. The van der Waals surface area contributed by atoms with Gasteiger partial charge >= 0.3 is 6.03 Å². The molecule has 2 aliphatic heterocycles. The van der Waals surface area contributed by atoms with Gasteiger partial charge in [-0.2, -0.15) is 0 Å². The van der Waals surface area contributed by atoms with Crippen molar-refractivity contribution >= 4 is 17.5 Å². The number of nitro groups is 1. The van der Waals surface area contributed by atoms with Crippen LogP contribution in [0.1, 0.15) is 10.4 Å². The van der Waals surface area contributed by atoms with Gasteiger partial charge in [0.25, 0.3) is 5.69 Å². The molecular formula is C16H18N4O8. The Morgan fingerprint density at radius 3 is 2.61 bits per heavy atom. The number of carbonyl (C=O) groups is 2. The molecule has 6 N–H and O–H groups in total. The van der Waals surface area contributed by atoms with E-state index in [2.05, 4.69) is 5.32 Å². The lowest BCUT2D eigenvalue weighted by molar-refractivity contribution is -0.385. The van der Waals surface area contributed by atoms with Gasteiger partial charge in [-0.05, 0) is 12.1 Å². The number of hydrogen-bond donors (Lipinski definition) is 5. The Morgan fingerprint density at radius 2 is 2.04 bits per heavy atom. The van der Waals surface area contributed by atoms with E-state index in [4.69, 9.17) is 15.6 Å². The smallest absolute Gasteiger partial charge is 0.325 e. The molecule has 5 atom stereocenters. The Bertz CT molecular complexity index is 846. The first kappa shape index (κ1) is 19.9. The number of nitrogens with two attached hydrogens (primary N) is 1. The Hall–Kier alpha value is -2.90. The minimum absolute atomic E-state index is 0.290. The van der Waals surface area contributed by atoms with Crippen LogP contribution >= 0.6 is 0 Å². The summed E-state index contributed by atoms with van der Waals surface area (Å²) < 4.78 is 5.26. The van der Waals surface area contributed by atoms with E-state index < -0.39 is 59.2 Å². The average molecular weight is 394 g/mol. The predicted molar refractivity (Wildman–Crippen MR) is 91.6 cm³/mol. The van der Waals surface area contributed by atoms with Gasteiger partial charge in [0.2, 0.25) is 5.78 Å². The number of aliphatic hydroxyl groups is 3. The monoisotopic (exact) mass is 394 g/mol. The fourth-order valence-corrected chi connectivity index (χ4v) is 3.04. The molecule has 1 saturated heterocycles. The molecule has 2 heterocycles. The molecule has 1 aromatic rings. The zero-order valence-electron chi connectivity index (χ0n) is 14.3. The van der Waals surface area contributed by atoms with E-state index >= 15 is 0 Å². The number of rotatable bonds is 5. The van der Waals surface area contributed by atoms with Crippen LogP contribution in [0, 0.1) is 10.1 Å². The fourth-order valence-electron chi connectivity index (χ4n) is 3.04. The van der Waals surface area contributed by atoms with E-state index in [1.54, 1.807) is 0 Å². The first-order valence-electron chi connectivity index (χ1n) is 8.19. The number of carbonyl (C=O) groups excluding carboxylic acids is 2. The number of benzene rings is 1. The molecule has 0 aliphatic carbocycles. The molecule has 0 radical (unpaired) electrons. The van der Waals surface area contributed by atoms with Crippen molar-refractivity contribution in [2.24, 2.45) is 5.73 Å². The molecule has 0 spiro atoms. The number of ketones is 1. The molecule has 2 amide bonds. The second-order valence-corrected chi connectivity index (χ2v) is 6.35. The number of nitrogens with zero attached hydrogens (tertiary/aromatic N) is 2. The SMILES string of the molecule is NC1(C(=O)c2ccccc2[N+](=O)[O-])C=CN([C@@H]2O[C@H](CO)[C@@H](O)[C@H]2O)C(=O)N1.